The molecule has 0 saturated carbocycles. The van der Waals surface area contributed by atoms with Gasteiger partial charge in [0.15, 0.2) is 5.78 Å². The summed E-state index contributed by atoms with van der Waals surface area (Å²) in [6, 6.07) is 5.68. The average Bonchev–Trinajstić information content (AvgIpc) is 3.24. The lowest BCUT2D eigenvalue weighted by Gasteiger charge is -2.18. The normalized spacial score (nSPS) is 21.6. The number of carboxylic acid groups (broad SMARTS) is 1. The number of furan rings is 1. The van der Waals surface area contributed by atoms with Crippen molar-refractivity contribution in [2.24, 2.45) is 5.92 Å². The number of aryl methyl sites for hydroxylation is 2. The highest BCUT2D eigenvalue weighted by Crippen LogP contribution is 2.36. The van der Waals surface area contributed by atoms with Gasteiger partial charge in [0.1, 0.15) is 17.3 Å². The number of fused-ring (bicyclic) bond motifs is 1. The molecule has 1 aromatic carbocycles. The second-order valence-corrected chi connectivity index (χ2v) is 7.42. The lowest BCUT2D eigenvalue weighted by molar-refractivity contribution is -0.141. The summed E-state index contributed by atoms with van der Waals surface area (Å²) in [6.07, 6.45) is 1.69. The van der Waals surface area contributed by atoms with Crippen LogP contribution in [0.2, 0.25) is 0 Å². The van der Waals surface area contributed by atoms with Crippen LogP contribution in [0.25, 0.3) is 0 Å². The monoisotopic (exact) mass is 385 g/mol. The van der Waals surface area contributed by atoms with E-state index >= 15 is 0 Å². The van der Waals surface area contributed by atoms with Crippen LogP contribution in [-0.2, 0) is 11.2 Å². The first-order valence-electron chi connectivity index (χ1n) is 9.29. The van der Waals surface area contributed by atoms with Gasteiger partial charge in [-0.2, -0.15) is 0 Å². The SMILES string of the molecule is Cc1oc2c(c1C(=O)N1C[C@H](C(=O)O)[C@@H](c3ccc(F)cc3)C1)C(=O)CCC2. The fourth-order valence-corrected chi connectivity index (χ4v) is 4.29. The van der Waals surface area contributed by atoms with Gasteiger partial charge in [-0.3, -0.25) is 14.4 Å². The van der Waals surface area contributed by atoms with Crippen molar-refractivity contribution in [1.29, 1.82) is 0 Å². The molecule has 1 aliphatic carbocycles. The molecule has 1 fully saturated rings. The first kappa shape index (κ1) is 18.4. The number of likely N-dealkylation sites (tertiary alicyclic amines) is 1. The van der Waals surface area contributed by atoms with E-state index in [0.717, 1.165) is 0 Å². The summed E-state index contributed by atoms with van der Waals surface area (Å²) < 4.78 is 18.9. The summed E-state index contributed by atoms with van der Waals surface area (Å²) in [4.78, 5) is 38.8. The minimum Gasteiger partial charge on any atom is -0.481 e. The predicted molar refractivity (Wildman–Crippen MR) is 96.9 cm³/mol. The fourth-order valence-electron chi connectivity index (χ4n) is 4.29. The van der Waals surface area contributed by atoms with Gasteiger partial charge in [0.25, 0.3) is 5.91 Å². The molecule has 0 radical (unpaired) electrons. The van der Waals surface area contributed by atoms with Gasteiger partial charge < -0.3 is 14.4 Å². The van der Waals surface area contributed by atoms with Crippen LogP contribution in [0.5, 0.6) is 0 Å². The molecule has 1 N–H and O–H groups in total. The Labute approximate surface area is 160 Å². The number of amides is 1. The van der Waals surface area contributed by atoms with Crippen LogP contribution in [-0.4, -0.2) is 40.8 Å². The Kier molecular flexibility index (Phi) is 4.53. The fraction of sp³-hybridized carbons (Fsp3) is 0.381. The molecule has 28 heavy (non-hydrogen) atoms. The molecule has 1 aromatic heterocycles. The van der Waals surface area contributed by atoms with E-state index in [1.54, 1.807) is 19.1 Å². The van der Waals surface area contributed by atoms with Crippen LogP contribution in [0.1, 0.15) is 56.6 Å². The zero-order chi connectivity index (χ0) is 20.0. The van der Waals surface area contributed by atoms with Crippen LogP contribution in [0.4, 0.5) is 4.39 Å². The number of aliphatic carboxylic acids is 1. The number of carbonyl (C=O) groups excluding carboxylic acids is 2. The lowest BCUT2D eigenvalue weighted by atomic mass is 9.89. The van der Waals surface area contributed by atoms with Crippen LogP contribution in [0.3, 0.4) is 0 Å². The molecule has 0 bridgehead atoms. The third kappa shape index (κ3) is 3.00. The third-order valence-electron chi connectivity index (χ3n) is 5.68. The molecule has 0 spiro atoms. The van der Waals surface area contributed by atoms with Crippen molar-refractivity contribution < 1.29 is 28.3 Å². The maximum Gasteiger partial charge on any atom is 0.308 e. The first-order valence-corrected chi connectivity index (χ1v) is 9.29. The minimum absolute atomic E-state index is 0.0315. The molecule has 1 amide bonds. The number of hydrogen-bond donors (Lipinski definition) is 1. The van der Waals surface area contributed by atoms with Crippen molar-refractivity contribution in [3.8, 4) is 0 Å². The molecule has 2 atom stereocenters. The minimum atomic E-state index is -1.01. The molecule has 1 aliphatic heterocycles. The summed E-state index contributed by atoms with van der Waals surface area (Å²) in [5, 5.41) is 9.63. The van der Waals surface area contributed by atoms with Gasteiger partial charge in [0.05, 0.1) is 17.0 Å². The second kappa shape index (κ2) is 6.89. The highest BCUT2D eigenvalue weighted by atomic mass is 19.1. The molecular formula is C21H20FNO5. The van der Waals surface area contributed by atoms with E-state index in [1.807, 2.05) is 0 Å². The van der Waals surface area contributed by atoms with Crippen molar-refractivity contribution in [2.75, 3.05) is 13.1 Å². The van der Waals surface area contributed by atoms with Crippen LogP contribution in [0.15, 0.2) is 28.7 Å². The highest BCUT2D eigenvalue weighted by molar-refractivity contribution is 6.10. The van der Waals surface area contributed by atoms with Crippen molar-refractivity contribution >= 4 is 17.7 Å². The summed E-state index contributed by atoms with van der Waals surface area (Å²) in [6.45, 7) is 1.87. The Morgan fingerprint density at radius 3 is 2.57 bits per heavy atom. The van der Waals surface area contributed by atoms with Gasteiger partial charge in [-0.1, -0.05) is 12.1 Å². The number of nitrogens with zero attached hydrogens (tertiary/aromatic N) is 1. The van der Waals surface area contributed by atoms with Crippen molar-refractivity contribution in [1.82, 2.24) is 4.90 Å². The second-order valence-electron chi connectivity index (χ2n) is 7.42. The maximum atomic E-state index is 13.2. The summed E-state index contributed by atoms with van der Waals surface area (Å²) >= 11 is 0. The molecule has 146 valence electrons. The Bertz CT molecular complexity index is 962. The Morgan fingerprint density at radius 2 is 1.89 bits per heavy atom. The smallest absolute Gasteiger partial charge is 0.308 e. The summed E-state index contributed by atoms with van der Waals surface area (Å²) in [7, 11) is 0. The van der Waals surface area contributed by atoms with E-state index in [2.05, 4.69) is 0 Å². The number of ketones is 1. The topological polar surface area (TPSA) is 87.8 Å². The van der Waals surface area contributed by atoms with E-state index in [1.165, 1.54) is 17.0 Å². The van der Waals surface area contributed by atoms with E-state index in [0.29, 0.717) is 41.9 Å². The van der Waals surface area contributed by atoms with Gasteiger partial charge in [0.2, 0.25) is 0 Å². The number of carboxylic acids is 1. The molecule has 7 heteroatoms. The van der Waals surface area contributed by atoms with Gasteiger partial charge in [-0.05, 0) is 31.0 Å². The van der Waals surface area contributed by atoms with E-state index in [4.69, 9.17) is 4.42 Å². The third-order valence-corrected chi connectivity index (χ3v) is 5.68. The highest BCUT2D eigenvalue weighted by Gasteiger charge is 2.42. The molecule has 2 heterocycles. The number of halogens is 1. The molecule has 4 rings (SSSR count). The number of carbonyl (C=O) groups is 3. The summed E-state index contributed by atoms with van der Waals surface area (Å²) in [5.41, 5.74) is 1.28. The predicted octanol–water partition coefficient (Wildman–Crippen LogP) is 3.19. The van der Waals surface area contributed by atoms with E-state index in [9.17, 15) is 23.9 Å². The van der Waals surface area contributed by atoms with Crippen LogP contribution < -0.4 is 0 Å². The Hall–Kier alpha value is -2.96. The largest absolute Gasteiger partial charge is 0.481 e. The van der Waals surface area contributed by atoms with E-state index < -0.39 is 23.6 Å². The first-order chi connectivity index (χ1) is 13.4. The van der Waals surface area contributed by atoms with Gasteiger partial charge in [-0.15, -0.1) is 0 Å². The molecule has 1 saturated heterocycles. The zero-order valence-corrected chi connectivity index (χ0v) is 15.4. The maximum absolute atomic E-state index is 13.2. The zero-order valence-electron chi connectivity index (χ0n) is 15.4. The van der Waals surface area contributed by atoms with Crippen LogP contribution in [0, 0.1) is 18.7 Å². The molecule has 2 aromatic rings. The van der Waals surface area contributed by atoms with Gasteiger partial charge >= 0.3 is 5.97 Å². The van der Waals surface area contributed by atoms with Crippen molar-refractivity contribution in [2.45, 2.75) is 32.1 Å². The van der Waals surface area contributed by atoms with Gasteiger partial charge in [0, 0.05) is 31.8 Å². The summed E-state index contributed by atoms with van der Waals surface area (Å²) in [5.74, 6) is -2.20. The number of benzene rings is 1. The number of rotatable bonds is 3. The molecule has 2 aliphatic rings. The standard InChI is InChI=1S/C21H20FNO5/c1-11-18(19-16(24)3-2-4-17(19)28-11)20(25)23-9-14(15(10-23)21(26)27)12-5-7-13(22)8-6-12/h5-8,14-15H,2-4,9-10H2,1H3,(H,26,27)/t14-,15+/m1/s1. The Morgan fingerprint density at radius 1 is 1.18 bits per heavy atom. The molecule has 0 unspecified atom stereocenters. The number of Topliss-reactive ketones (excluding diaryl/α,β-unsaturated/α-hetero) is 1. The van der Waals surface area contributed by atoms with Crippen LogP contribution >= 0.6 is 0 Å². The quantitative estimate of drug-likeness (QED) is 0.877. The molecular weight excluding hydrogens is 365 g/mol. The molecule has 6 nitrogen and oxygen atoms in total. The van der Waals surface area contributed by atoms with E-state index in [-0.39, 0.29) is 30.3 Å². The average molecular weight is 385 g/mol. The van der Waals surface area contributed by atoms with Crippen molar-refractivity contribution in [3.63, 3.8) is 0 Å². The van der Waals surface area contributed by atoms with Crippen molar-refractivity contribution in [3.05, 3.63) is 58.3 Å². The Balaban J connectivity index is 1.66. The number of hydrogen-bond acceptors (Lipinski definition) is 4. The lowest BCUT2D eigenvalue weighted by Crippen LogP contribution is -2.31. The van der Waals surface area contributed by atoms with Gasteiger partial charge in [-0.25, -0.2) is 4.39 Å².